The van der Waals surface area contributed by atoms with E-state index in [-0.39, 0.29) is 10.6 Å². The number of benzene rings is 2. The minimum Gasteiger partial charge on any atom is -0.457 e. The summed E-state index contributed by atoms with van der Waals surface area (Å²) in [6.07, 6.45) is 4.72. The molecule has 0 radical (unpaired) electrons. The number of rotatable bonds is 7. The Balaban J connectivity index is 1.45. The first kappa shape index (κ1) is 23.1. The zero-order valence-electron chi connectivity index (χ0n) is 18.0. The molecule has 172 valence electrons. The Morgan fingerprint density at radius 3 is 2.36 bits per heavy atom. The van der Waals surface area contributed by atoms with Gasteiger partial charge in [-0.2, -0.15) is 0 Å². The highest BCUT2D eigenvalue weighted by atomic mass is 32.2. The number of anilines is 1. The van der Waals surface area contributed by atoms with E-state index in [0.29, 0.717) is 22.4 Å². The van der Waals surface area contributed by atoms with Gasteiger partial charge in [-0.1, -0.05) is 6.07 Å². The van der Waals surface area contributed by atoms with Crippen molar-refractivity contribution in [3.8, 4) is 11.5 Å². The van der Waals surface area contributed by atoms with Gasteiger partial charge >= 0.3 is 0 Å². The maximum atomic E-state index is 11.8. The lowest BCUT2D eigenvalue weighted by Gasteiger charge is -2.32. The molecule has 0 aliphatic carbocycles. The molecular formula is C23H23N3O5S2. The Hall–Kier alpha value is -3.11. The molecular weight excluding hydrogens is 462 g/mol. The van der Waals surface area contributed by atoms with Gasteiger partial charge < -0.3 is 9.64 Å². The molecule has 1 aromatic heterocycles. The first-order valence-electron chi connectivity index (χ1n) is 10.4. The van der Waals surface area contributed by atoms with E-state index in [4.69, 9.17) is 4.74 Å². The zero-order valence-corrected chi connectivity index (χ0v) is 19.6. The van der Waals surface area contributed by atoms with E-state index in [1.807, 2.05) is 23.1 Å². The van der Waals surface area contributed by atoms with Gasteiger partial charge in [-0.3, -0.25) is 10.1 Å². The van der Waals surface area contributed by atoms with Gasteiger partial charge in [0.25, 0.3) is 5.69 Å². The van der Waals surface area contributed by atoms with Gasteiger partial charge in [0, 0.05) is 30.8 Å². The van der Waals surface area contributed by atoms with Crippen LogP contribution in [0.4, 0.5) is 11.4 Å². The van der Waals surface area contributed by atoms with Crippen LogP contribution in [0.3, 0.4) is 0 Å². The molecule has 0 unspecified atom stereocenters. The van der Waals surface area contributed by atoms with Crippen LogP contribution in [0.2, 0.25) is 0 Å². The summed E-state index contributed by atoms with van der Waals surface area (Å²) in [6.45, 7) is 1.44. The van der Waals surface area contributed by atoms with Crippen LogP contribution in [-0.4, -0.2) is 42.9 Å². The molecule has 8 nitrogen and oxygen atoms in total. The Bertz CT molecular complexity index is 1230. The van der Waals surface area contributed by atoms with Gasteiger partial charge in [-0.15, -0.1) is 11.8 Å². The first-order valence-corrected chi connectivity index (χ1v) is 13.2. The number of nitro groups is 1. The molecule has 1 fully saturated rings. The fourth-order valence-electron chi connectivity index (χ4n) is 3.67. The van der Waals surface area contributed by atoms with Gasteiger partial charge in [-0.25, -0.2) is 13.4 Å². The SMILES string of the molecule is CS(=O)(=O)c1ccc(Oc2ccc(N3CCC(Sc4ccccn4)CC3)c([N+](=O)[O-])c2)cc1. The van der Waals surface area contributed by atoms with Gasteiger partial charge in [-0.05, 0) is 61.4 Å². The number of ether oxygens (including phenoxy) is 1. The Morgan fingerprint density at radius 2 is 1.76 bits per heavy atom. The van der Waals surface area contributed by atoms with Crippen molar-refractivity contribution in [2.24, 2.45) is 0 Å². The summed E-state index contributed by atoms with van der Waals surface area (Å²) in [5.41, 5.74) is 0.553. The fourth-order valence-corrected chi connectivity index (χ4v) is 5.37. The molecule has 1 saturated heterocycles. The van der Waals surface area contributed by atoms with Crippen molar-refractivity contribution in [2.45, 2.75) is 28.0 Å². The summed E-state index contributed by atoms with van der Waals surface area (Å²) in [6, 6.07) is 16.6. The average molecular weight is 486 g/mol. The van der Waals surface area contributed by atoms with Crippen molar-refractivity contribution < 1.29 is 18.1 Å². The molecule has 4 rings (SSSR count). The molecule has 3 aromatic rings. The predicted octanol–water partition coefficient (Wildman–Crippen LogP) is 4.95. The summed E-state index contributed by atoms with van der Waals surface area (Å²) in [7, 11) is -3.31. The van der Waals surface area contributed by atoms with Gasteiger partial charge in [0.2, 0.25) is 0 Å². The second-order valence-electron chi connectivity index (χ2n) is 7.73. The lowest BCUT2D eigenvalue weighted by atomic mass is 10.1. The van der Waals surface area contributed by atoms with E-state index in [9.17, 15) is 18.5 Å². The van der Waals surface area contributed by atoms with E-state index in [1.54, 1.807) is 30.1 Å². The molecule has 0 bridgehead atoms. The Kier molecular flexibility index (Phi) is 6.85. The van der Waals surface area contributed by atoms with Crippen LogP contribution in [0.1, 0.15) is 12.8 Å². The van der Waals surface area contributed by atoms with Crippen LogP contribution in [0, 0.1) is 10.1 Å². The van der Waals surface area contributed by atoms with Crippen LogP contribution in [0.15, 0.2) is 76.8 Å². The van der Waals surface area contributed by atoms with Gasteiger partial charge in [0.05, 0.1) is 20.9 Å². The summed E-state index contributed by atoms with van der Waals surface area (Å²) >= 11 is 1.75. The number of hydrogen-bond acceptors (Lipinski definition) is 8. The first-order chi connectivity index (χ1) is 15.8. The summed E-state index contributed by atoms with van der Waals surface area (Å²) < 4.78 is 28.9. The van der Waals surface area contributed by atoms with Crippen LogP contribution >= 0.6 is 11.8 Å². The summed E-state index contributed by atoms with van der Waals surface area (Å²) in [5, 5.41) is 13.2. The molecule has 0 spiro atoms. The van der Waals surface area contributed by atoms with E-state index < -0.39 is 14.8 Å². The third-order valence-corrected chi connectivity index (χ3v) is 7.76. The van der Waals surface area contributed by atoms with Gasteiger partial charge in [0.1, 0.15) is 17.2 Å². The quantitative estimate of drug-likeness (QED) is 0.342. The van der Waals surface area contributed by atoms with E-state index in [0.717, 1.165) is 37.2 Å². The number of pyridine rings is 1. The van der Waals surface area contributed by atoms with Crippen LogP contribution in [0.25, 0.3) is 0 Å². The number of nitrogens with zero attached hydrogens (tertiary/aromatic N) is 3. The van der Waals surface area contributed by atoms with Crippen molar-refractivity contribution >= 4 is 33.0 Å². The third kappa shape index (κ3) is 5.82. The lowest BCUT2D eigenvalue weighted by molar-refractivity contribution is -0.384. The standard InChI is InChI=1S/C23H23N3O5S2/c1-33(29,30)20-8-5-17(6-9-20)31-18-7-10-21(22(16-18)26(27)28)25-14-11-19(12-15-25)32-23-4-2-3-13-24-23/h2-10,13,16,19H,11-12,14-15H2,1H3. The predicted molar refractivity (Wildman–Crippen MR) is 128 cm³/mol. The summed E-state index contributed by atoms with van der Waals surface area (Å²) in [5.74, 6) is 0.718. The van der Waals surface area contributed by atoms with E-state index in [2.05, 4.69) is 4.98 Å². The van der Waals surface area contributed by atoms with E-state index in [1.165, 1.54) is 30.3 Å². The molecule has 10 heteroatoms. The van der Waals surface area contributed by atoms with Crippen molar-refractivity contribution in [1.29, 1.82) is 0 Å². The molecule has 2 aromatic carbocycles. The van der Waals surface area contributed by atoms with Crippen molar-refractivity contribution in [3.63, 3.8) is 0 Å². The minimum atomic E-state index is -3.31. The summed E-state index contributed by atoms with van der Waals surface area (Å²) in [4.78, 5) is 18.0. The molecule has 33 heavy (non-hydrogen) atoms. The number of piperidine rings is 1. The van der Waals surface area contributed by atoms with Crippen molar-refractivity contribution in [3.05, 3.63) is 77.0 Å². The van der Waals surface area contributed by atoms with Crippen molar-refractivity contribution in [2.75, 3.05) is 24.2 Å². The monoisotopic (exact) mass is 485 g/mol. The van der Waals surface area contributed by atoms with Crippen LogP contribution in [-0.2, 0) is 9.84 Å². The molecule has 0 amide bonds. The Morgan fingerprint density at radius 1 is 1.06 bits per heavy atom. The maximum absolute atomic E-state index is 11.8. The maximum Gasteiger partial charge on any atom is 0.296 e. The Labute approximate surface area is 196 Å². The zero-order chi connectivity index (χ0) is 23.4. The fraction of sp³-hybridized carbons (Fsp3) is 0.261. The number of thioether (sulfide) groups is 1. The highest BCUT2D eigenvalue weighted by Gasteiger charge is 2.26. The largest absolute Gasteiger partial charge is 0.457 e. The number of nitro benzene ring substituents is 1. The number of aromatic nitrogens is 1. The van der Waals surface area contributed by atoms with Crippen molar-refractivity contribution in [1.82, 2.24) is 4.98 Å². The third-order valence-electron chi connectivity index (χ3n) is 5.34. The lowest BCUT2D eigenvalue weighted by Crippen LogP contribution is -2.35. The highest BCUT2D eigenvalue weighted by Crippen LogP contribution is 2.37. The number of sulfone groups is 1. The second kappa shape index (κ2) is 9.80. The van der Waals surface area contributed by atoms with E-state index >= 15 is 0 Å². The van der Waals surface area contributed by atoms with Crippen LogP contribution < -0.4 is 9.64 Å². The second-order valence-corrected chi connectivity index (χ2v) is 11.1. The van der Waals surface area contributed by atoms with Crippen LogP contribution in [0.5, 0.6) is 11.5 Å². The molecule has 0 N–H and O–H groups in total. The molecule has 2 heterocycles. The smallest absolute Gasteiger partial charge is 0.296 e. The average Bonchev–Trinajstić information content (AvgIpc) is 2.80. The van der Waals surface area contributed by atoms with Gasteiger partial charge in [0.15, 0.2) is 9.84 Å². The topological polar surface area (TPSA) is 103 Å². The highest BCUT2D eigenvalue weighted by molar-refractivity contribution is 7.99. The molecule has 1 aliphatic rings. The molecule has 0 atom stereocenters. The minimum absolute atomic E-state index is 0.0175. The molecule has 1 aliphatic heterocycles. The number of hydrogen-bond donors (Lipinski definition) is 0. The molecule has 0 saturated carbocycles. The normalized spacial score (nSPS) is 14.8.